The highest BCUT2D eigenvalue weighted by Crippen LogP contribution is 2.66. The van der Waals surface area contributed by atoms with Crippen LogP contribution in [0.25, 0.3) is 93.4 Å². The van der Waals surface area contributed by atoms with Crippen LogP contribution in [0.15, 0.2) is 194 Å². The molecule has 10 aromatic rings. The quantitative estimate of drug-likeness (QED) is 0.167. The summed E-state index contributed by atoms with van der Waals surface area (Å²) >= 11 is 0. The van der Waals surface area contributed by atoms with Crippen LogP contribution in [0.4, 0.5) is 5.69 Å². The van der Waals surface area contributed by atoms with E-state index in [9.17, 15) is 5.26 Å². The third-order valence-electron chi connectivity index (χ3n) is 12.8. The number of pyridine rings is 2. The van der Waals surface area contributed by atoms with Crippen molar-refractivity contribution in [2.75, 3.05) is 0 Å². The molecular weight excluding hydrogens is 741 g/mol. The van der Waals surface area contributed by atoms with Gasteiger partial charge in [0.2, 0.25) is 0 Å². The standard InChI is InChI=1S/C57H32N4/c1-59-40-25-27-61-54(31-40)39-15-11-13-37(30-39)48-33-52-56(46-21-5-3-17-42(46)48)55-45-20-4-2-16-41(45)47(36-12-10-14-38(29-36)53-28-35(34-58)24-26-60-53)32-51(55)57(52)49-22-8-6-18-43(49)44-19-7-9-23-50(44)57/h2-33H. The van der Waals surface area contributed by atoms with Gasteiger partial charge in [-0.2, -0.15) is 5.26 Å². The Hall–Kier alpha value is -8.44. The van der Waals surface area contributed by atoms with Gasteiger partial charge in [-0.15, -0.1) is 0 Å². The van der Waals surface area contributed by atoms with Crippen LogP contribution in [-0.4, -0.2) is 9.97 Å². The highest BCUT2D eigenvalue weighted by molar-refractivity contribution is 6.18. The molecule has 2 aliphatic rings. The van der Waals surface area contributed by atoms with Crippen LogP contribution in [0.3, 0.4) is 0 Å². The molecule has 4 nitrogen and oxygen atoms in total. The molecule has 0 N–H and O–H groups in total. The molecular formula is C57H32N4. The fourth-order valence-corrected chi connectivity index (χ4v) is 10.3. The number of nitriles is 1. The van der Waals surface area contributed by atoms with Crippen molar-refractivity contribution in [3.05, 3.63) is 234 Å². The minimum absolute atomic E-state index is 0.569. The molecule has 1 spiro atoms. The van der Waals surface area contributed by atoms with Gasteiger partial charge in [0.25, 0.3) is 0 Å². The minimum atomic E-state index is -0.626. The van der Waals surface area contributed by atoms with Gasteiger partial charge >= 0.3 is 0 Å². The van der Waals surface area contributed by atoms with Crippen molar-refractivity contribution in [2.45, 2.75) is 5.41 Å². The predicted molar refractivity (Wildman–Crippen MR) is 246 cm³/mol. The molecule has 0 atom stereocenters. The van der Waals surface area contributed by atoms with Crippen LogP contribution >= 0.6 is 0 Å². The molecule has 280 valence electrons. The first-order valence-corrected chi connectivity index (χ1v) is 20.4. The van der Waals surface area contributed by atoms with Gasteiger partial charge < -0.3 is 0 Å². The summed E-state index contributed by atoms with van der Waals surface area (Å²) in [6, 6.07) is 67.3. The van der Waals surface area contributed by atoms with E-state index in [2.05, 4.69) is 179 Å². The summed E-state index contributed by atoms with van der Waals surface area (Å²) < 4.78 is 0. The smallest absolute Gasteiger partial charge is 0.190 e. The van der Waals surface area contributed by atoms with Gasteiger partial charge in [0.05, 0.1) is 35.0 Å². The molecule has 0 saturated heterocycles. The van der Waals surface area contributed by atoms with Crippen molar-refractivity contribution in [3.63, 3.8) is 0 Å². The first-order valence-electron chi connectivity index (χ1n) is 20.4. The molecule has 0 saturated carbocycles. The lowest BCUT2D eigenvalue weighted by Gasteiger charge is -2.31. The average Bonchev–Trinajstić information content (AvgIpc) is 3.81. The van der Waals surface area contributed by atoms with Crippen molar-refractivity contribution >= 4 is 27.2 Å². The number of rotatable bonds is 4. The van der Waals surface area contributed by atoms with Gasteiger partial charge in [-0.05, 0) is 142 Å². The Morgan fingerprint density at radius 3 is 1.44 bits per heavy atom. The third kappa shape index (κ3) is 4.97. The van der Waals surface area contributed by atoms with E-state index in [1.54, 1.807) is 24.5 Å². The second-order valence-corrected chi connectivity index (χ2v) is 15.8. The van der Waals surface area contributed by atoms with Crippen LogP contribution in [0, 0.1) is 17.9 Å². The minimum Gasteiger partial charge on any atom is -0.259 e. The van der Waals surface area contributed by atoms with Crippen molar-refractivity contribution in [1.82, 2.24) is 9.97 Å². The van der Waals surface area contributed by atoms with Gasteiger partial charge in [-0.3, -0.25) is 9.97 Å². The van der Waals surface area contributed by atoms with Crippen LogP contribution in [0.2, 0.25) is 0 Å². The maximum atomic E-state index is 9.70. The van der Waals surface area contributed by atoms with Crippen LogP contribution in [0.5, 0.6) is 0 Å². The van der Waals surface area contributed by atoms with E-state index >= 15 is 0 Å². The Balaban J connectivity index is 1.20. The normalized spacial score (nSPS) is 12.7. The van der Waals surface area contributed by atoms with Gasteiger partial charge in [0, 0.05) is 18.0 Å². The lowest BCUT2D eigenvalue weighted by molar-refractivity contribution is 0.795. The van der Waals surface area contributed by atoms with Crippen molar-refractivity contribution in [1.29, 1.82) is 5.26 Å². The third-order valence-corrected chi connectivity index (χ3v) is 12.8. The number of benzene rings is 8. The maximum absolute atomic E-state index is 9.70. The van der Waals surface area contributed by atoms with Gasteiger partial charge in [0.1, 0.15) is 0 Å². The monoisotopic (exact) mass is 772 g/mol. The van der Waals surface area contributed by atoms with Gasteiger partial charge in [-0.1, -0.05) is 133 Å². The van der Waals surface area contributed by atoms with Crippen LogP contribution in [0.1, 0.15) is 27.8 Å². The lowest BCUT2D eigenvalue weighted by Crippen LogP contribution is -2.26. The molecule has 0 radical (unpaired) electrons. The Bertz CT molecular complexity index is 3350. The molecule has 0 aliphatic heterocycles. The van der Waals surface area contributed by atoms with E-state index < -0.39 is 5.41 Å². The van der Waals surface area contributed by atoms with Crippen molar-refractivity contribution in [2.24, 2.45) is 0 Å². The van der Waals surface area contributed by atoms with E-state index in [1.807, 2.05) is 12.1 Å². The highest BCUT2D eigenvalue weighted by atomic mass is 14.7. The topological polar surface area (TPSA) is 53.9 Å². The predicted octanol–water partition coefficient (Wildman–Crippen LogP) is 14.2. The van der Waals surface area contributed by atoms with Gasteiger partial charge in [0.15, 0.2) is 5.69 Å². The summed E-state index contributed by atoms with van der Waals surface area (Å²) in [5.41, 5.74) is 18.6. The number of hydrogen-bond donors (Lipinski definition) is 0. The van der Waals surface area contributed by atoms with Crippen LogP contribution in [-0.2, 0) is 5.41 Å². The first kappa shape index (κ1) is 34.6. The van der Waals surface area contributed by atoms with Gasteiger partial charge in [-0.25, -0.2) is 4.85 Å². The molecule has 0 bridgehead atoms. The summed E-state index contributed by atoms with van der Waals surface area (Å²) in [7, 11) is 0. The fourth-order valence-electron chi connectivity index (χ4n) is 10.3. The lowest BCUT2D eigenvalue weighted by atomic mass is 9.69. The average molecular weight is 773 g/mol. The summed E-state index contributed by atoms with van der Waals surface area (Å²) in [4.78, 5) is 13.0. The van der Waals surface area contributed by atoms with E-state index in [0.717, 1.165) is 44.8 Å². The number of aromatic nitrogens is 2. The van der Waals surface area contributed by atoms with E-state index in [0.29, 0.717) is 11.3 Å². The molecule has 2 aliphatic carbocycles. The van der Waals surface area contributed by atoms with Crippen molar-refractivity contribution < 1.29 is 0 Å². The molecule has 8 aromatic carbocycles. The molecule has 61 heavy (non-hydrogen) atoms. The van der Waals surface area contributed by atoms with E-state index in [4.69, 9.17) is 6.57 Å². The summed E-state index contributed by atoms with van der Waals surface area (Å²) in [6.45, 7) is 7.63. The zero-order chi connectivity index (χ0) is 40.7. The number of nitrogens with zero attached hydrogens (tertiary/aromatic N) is 4. The SMILES string of the molecule is [C-]#[N+]c1ccnc(-c2cccc(-c3cc4c(c5ccccc35)-c3c(cc(-c5cccc(-c6cc(C#N)ccn6)c5)c5ccccc35)C43c4ccccc4-c4ccccc43)c2)c1. The summed E-state index contributed by atoms with van der Waals surface area (Å²) in [5, 5.41) is 14.5. The molecule has 0 fully saturated rings. The van der Waals surface area contributed by atoms with Crippen LogP contribution < -0.4 is 0 Å². The maximum Gasteiger partial charge on any atom is 0.190 e. The Morgan fingerprint density at radius 2 is 0.902 bits per heavy atom. The number of fused-ring (bicyclic) bond motifs is 14. The molecule has 4 heteroatoms. The molecule has 0 amide bonds. The molecule has 0 unspecified atom stereocenters. The fraction of sp³-hybridized carbons (Fsp3) is 0.0175. The Labute approximate surface area is 353 Å². The second kappa shape index (κ2) is 13.3. The highest BCUT2D eigenvalue weighted by Gasteiger charge is 2.53. The zero-order valence-corrected chi connectivity index (χ0v) is 32.8. The summed E-state index contributed by atoms with van der Waals surface area (Å²) in [6.07, 6.45) is 3.42. The Kier molecular flexibility index (Phi) is 7.54. The summed E-state index contributed by atoms with van der Waals surface area (Å²) in [5.74, 6) is 0. The molecule has 12 rings (SSSR count). The Morgan fingerprint density at radius 1 is 0.426 bits per heavy atom. The zero-order valence-electron chi connectivity index (χ0n) is 32.8. The largest absolute Gasteiger partial charge is 0.259 e. The molecule has 2 aromatic heterocycles. The number of hydrogen-bond acceptors (Lipinski definition) is 3. The van der Waals surface area contributed by atoms with E-state index in [-0.39, 0.29) is 0 Å². The molecule has 2 heterocycles. The second-order valence-electron chi connectivity index (χ2n) is 15.8. The first-order chi connectivity index (χ1) is 30.1. The van der Waals surface area contributed by atoms with E-state index in [1.165, 1.54) is 66.1 Å². The van der Waals surface area contributed by atoms with Crippen molar-refractivity contribution in [3.8, 4) is 73.1 Å².